The monoisotopic (exact) mass is 372 g/mol. The number of amides is 1. The normalized spacial score (nSPS) is 14.9. The number of carbonyl (C=O) groups is 2. The maximum Gasteiger partial charge on any atom is 0.339 e. The molecule has 1 fully saturated rings. The summed E-state index contributed by atoms with van der Waals surface area (Å²) in [6.45, 7) is 7.03. The van der Waals surface area contributed by atoms with Crippen LogP contribution in [0, 0.1) is 13.8 Å². The second-order valence-electron chi connectivity index (χ2n) is 6.70. The molecule has 27 heavy (non-hydrogen) atoms. The van der Waals surface area contributed by atoms with Gasteiger partial charge in [0.15, 0.2) is 6.10 Å². The summed E-state index contributed by atoms with van der Waals surface area (Å²) in [5.74, 6) is 0.546. The van der Waals surface area contributed by atoms with Gasteiger partial charge < -0.3 is 18.9 Å². The first-order chi connectivity index (χ1) is 13.0. The Morgan fingerprint density at radius 1 is 1.26 bits per heavy atom. The summed E-state index contributed by atoms with van der Waals surface area (Å²) < 4.78 is 16.2. The molecule has 1 aromatic heterocycles. The quantitative estimate of drug-likeness (QED) is 0.725. The zero-order chi connectivity index (χ0) is 19.4. The Kier molecular flexibility index (Phi) is 5.78. The van der Waals surface area contributed by atoms with E-state index < -0.39 is 12.1 Å². The minimum Gasteiger partial charge on any atom is -0.489 e. The molecule has 1 aliphatic rings. The first-order valence-corrected chi connectivity index (χ1v) is 9.10. The lowest BCUT2D eigenvalue weighted by Gasteiger charge is -2.20. The second-order valence-corrected chi connectivity index (χ2v) is 6.70. The Labute approximate surface area is 158 Å². The standard InChI is InChI=1S/C20H24N2O5/c1-13-18(14(2)27-21-13)12-25-17-8-6-7-16(11-17)20(24)26-15(3)19(23)22-9-4-5-10-22/h6-8,11,15H,4-5,9-10,12H2,1-3H3/t15-/m0/s1. The lowest BCUT2D eigenvalue weighted by molar-refractivity contribution is -0.138. The van der Waals surface area contributed by atoms with Crippen LogP contribution in [0.2, 0.25) is 0 Å². The largest absolute Gasteiger partial charge is 0.489 e. The van der Waals surface area contributed by atoms with E-state index in [1.54, 1.807) is 36.1 Å². The third-order valence-electron chi connectivity index (χ3n) is 4.68. The fraction of sp³-hybridized carbons (Fsp3) is 0.450. The molecule has 1 saturated heterocycles. The smallest absolute Gasteiger partial charge is 0.339 e. The molecule has 2 heterocycles. The fourth-order valence-electron chi connectivity index (χ4n) is 3.05. The number of ether oxygens (including phenoxy) is 2. The molecule has 1 aliphatic heterocycles. The highest BCUT2D eigenvalue weighted by molar-refractivity contribution is 5.92. The Morgan fingerprint density at radius 2 is 2.00 bits per heavy atom. The van der Waals surface area contributed by atoms with E-state index in [9.17, 15) is 9.59 Å². The van der Waals surface area contributed by atoms with Gasteiger partial charge in [-0.3, -0.25) is 4.79 Å². The van der Waals surface area contributed by atoms with E-state index in [-0.39, 0.29) is 5.91 Å². The highest BCUT2D eigenvalue weighted by Crippen LogP contribution is 2.19. The van der Waals surface area contributed by atoms with Crippen LogP contribution >= 0.6 is 0 Å². The summed E-state index contributed by atoms with van der Waals surface area (Å²) in [6, 6.07) is 6.71. The molecule has 1 amide bonds. The molecule has 0 bridgehead atoms. The van der Waals surface area contributed by atoms with E-state index >= 15 is 0 Å². The maximum absolute atomic E-state index is 12.4. The summed E-state index contributed by atoms with van der Waals surface area (Å²) in [6.07, 6.45) is 1.19. The summed E-state index contributed by atoms with van der Waals surface area (Å²) in [4.78, 5) is 26.4. The number of carbonyl (C=O) groups excluding carboxylic acids is 2. The van der Waals surface area contributed by atoms with Crippen LogP contribution in [-0.2, 0) is 16.1 Å². The minimum atomic E-state index is -0.803. The highest BCUT2D eigenvalue weighted by Gasteiger charge is 2.26. The number of likely N-dealkylation sites (tertiary alicyclic amines) is 1. The third-order valence-corrected chi connectivity index (χ3v) is 4.68. The van der Waals surface area contributed by atoms with Crippen molar-refractivity contribution in [2.75, 3.05) is 13.1 Å². The number of aromatic nitrogens is 1. The van der Waals surface area contributed by atoms with Crippen molar-refractivity contribution in [3.8, 4) is 5.75 Å². The lowest BCUT2D eigenvalue weighted by Crippen LogP contribution is -2.38. The molecule has 0 N–H and O–H groups in total. The van der Waals surface area contributed by atoms with E-state index in [1.165, 1.54) is 0 Å². The van der Waals surface area contributed by atoms with E-state index in [0.29, 0.717) is 23.7 Å². The van der Waals surface area contributed by atoms with Gasteiger partial charge in [0, 0.05) is 13.1 Å². The molecule has 3 rings (SSSR count). The number of nitrogens with zero attached hydrogens (tertiary/aromatic N) is 2. The van der Waals surface area contributed by atoms with Gasteiger partial charge in [-0.1, -0.05) is 11.2 Å². The van der Waals surface area contributed by atoms with Crippen LogP contribution in [0.1, 0.15) is 47.1 Å². The Bertz CT molecular complexity index is 804. The number of hydrogen-bond acceptors (Lipinski definition) is 6. The molecule has 2 aromatic rings. The van der Waals surface area contributed by atoms with Crippen LogP contribution in [-0.4, -0.2) is 41.1 Å². The zero-order valence-electron chi connectivity index (χ0n) is 15.9. The fourth-order valence-corrected chi connectivity index (χ4v) is 3.05. The number of hydrogen-bond donors (Lipinski definition) is 0. The topological polar surface area (TPSA) is 81.9 Å². The molecule has 0 unspecified atom stereocenters. The van der Waals surface area contributed by atoms with Gasteiger partial charge in [0.2, 0.25) is 0 Å². The molecule has 0 spiro atoms. The van der Waals surface area contributed by atoms with Crippen molar-refractivity contribution in [1.29, 1.82) is 0 Å². The molecular weight excluding hydrogens is 348 g/mol. The van der Waals surface area contributed by atoms with Gasteiger partial charge in [0.1, 0.15) is 18.1 Å². The van der Waals surface area contributed by atoms with Gasteiger partial charge in [-0.25, -0.2) is 4.79 Å². The first kappa shape index (κ1) is 18.9. The Balaban J connectivity index is 1.60. The molecule has 1 atom stereocenters. The van der Waals surface area contributed by atoms with Crippen molar-refractivity contribution in [3.05, 3.63) is 46.8 Å². The van der Waals surface area contributed by atoms with E-state index in [2.05, 4.69) is 5.16 Å². The predicted octanol–water partition coefficient (Wildman–Crippen LogP) is 3.04. The summed E-state index contributed by atoms with van der Waals surface area (Å²) in [5.41, 5.74) is 2.00. The van der Waals surface area contributed by atoms with E-state index in [0.717, 1.165) is 37.2 Å². The zero-order valence-corrected chi connectivity index (χ0v) is 15.9. The summed E-state index contributed by atoms with van der Waals surface area (Å²) in [7, 11) is 0. The average molecular weight is 372 g/mol. The first-order valence-electron chi connectivity index (χ1n) is 9.10. The van der Waals surface area contributed by atoms with Crippen molar-refractivity contribution in [1.82, 2.24) is 10.1 Å². The van der Waals surface area contributed by atoms with Crippen molar-refractivity contribution in [2.24, 2.45) is 0 Å². The SMILES string of the molecule is Cc1noc(C)c1COc1cccc(C(=O)O[C@@H](C)C(=O)N2CCCC2)c1. The molecule has 0 aliphatic carbocycles. The molecule has 7 nitrogen and oxygen atoms in total. The number of rotatable bonds is 6. The summed E-state index contributed by atoms with van der Waals surface area (Å²) in [5, 5.41) is 3.89. The van der Waals surface area contributed by atoms with E-state index in [4.69, 9.17) is 14.0 Å². The average Bonchev–Trinajstić information content (AvgIpc) is 3.30. The highest BCUT2D eigenvalue weighted by atomic mass is 16.5. The van der Waals surface area contributed by atoms with Crippen LogP contribution in [0.25, 0.3) is 0 Å². The Morgan fingerprint density at radius 3 is 2.67 bits per heavy atom. The number of benzene rings is 1. The van der Waals surface area contributed by atoms with Crippen LogP contribution in [0.4, 0.5) is 0 Å². The Hall–Kier alpha value is -2.83. The van der Waals surface area contributed by atoms with Crippen LogP contribution < -0.4 is 4.74 Å². The van der Waals surface area contributed by atoms with Gasteiger partial charge in [-0.05, 0) is 51.8 Å². The molecule has 1 aromatic carbocycles. The third kappa shape index (κ3) is 4.48. The van der Waals surface area contributed by atoms with Crippen LogP contribution in [0.3, 0.4) is 0 Å². The predicted molar refractivity (Wildman–Crippen MR) is 97.4 cm³/mol. The van der Waals surface area contributed by atoms with E-state index in [1.807, 2.05) is 13.8 Å². The van der Waals surface area contributed by atoms with Crippen molar-refractivity contribution in [3.63, 3.8) is 0 Å². The van der Waals surface area contributed by atoms with Gasteiger partial charge in [0.25, 0.3) is 5.91 Å². The van der Waals surface area contributed by atoms with Gasteiger partial charge >= 0.3 is 5.97 Å². The van der Waals surface area contributed by atoms with Gasteiger partial charge in [-0.2, -0.15) is 0 Å². The molecule has 7 heteroatoms. The maximum atomic E-state index is 12.4. The van der Waals surface area contributed by atoms with Gasteiger partial charge in [0.05, 0.1) is 16.8 Å². The van der Waals surface area contributed by atoms with Crippen LogP contribution in [0.15, 0.2) is 28.8 Å². The number of esters is 1. The summed E-state index contributed by atoms with van der Waals surface area (Å²) >= 11 is 0. The lowest BCUT2D eigenvalue weighted by atomic mass is 10.2. The van der Waals surface area contributed by atoms with Crippen LogP contribution in [0.5, 0.6) is 5.75 Å². The van der Waals surface area contributed by atoms with Gasteiger partial charge in [-0.15, -0.1) is 0 Å². The van der Waals surface area contributed by atoms with Crippen molar-refractivity contribution in [2.45, 2.75) is 46.3 Å². The molecule has 0 radical (unpaired) electrons. The van der Waals surface area contributed by atoms with Crippen molar-refractivity contribution >= 4 is 11.9 Å². The molecule has 0 saturated carbocycles. The minimum absolute atomic E-state index is 0.147. The number of aryl methyl sites for hydroxylation is 2. The second kappa shape index (κ2) is 8.24. The molecular formula is C20H24N2O5. The van der Waals surface area contributed by atoms with Crippen molar-refractivity contribution < 1.29 is 23.6 Å². The molecule has 144 valence electrons.